The molecule has 3 aromatic rings. The van der Waals surface area contributed by atoms with Crippen LogP contribution in [0.15, 0.2) is 35.5 Å². The quantitative estimate of drug-likeness (QED) is 0.507. The van der Waals surface area contributed by atoms with Crippen LogP contribution in [0.5, 0.6) is 5.88 Å². The normalized spacial score (nSPS) is 20.0. The molecule has 0 spiro atoms. The Kier molecular flexibility index (Phi) is 5.45. The van der Waals surface area contributed by atoms with E-state index in [1.165, 1.54) is 16.3 Å². The first-order chi connectivity index (χ1) is 13.5. The third kappa shape index (κ3) is 3.81. The third-order valence-electron chi connectivity index (χ3n) is 4.75. The second-order valence-corrected chi connectivity index (χ2v) is 7.48. The Hall–Kier alpha value is -2.26. The van der Waals surface area contributed by atoms with E-state index in [0.29, 0.717) is 28.5 Å². The zero-order chi connectivity index (χ0) is 19.7. The molecule has 0 aliphatic heterocycles. The zero-order valence-corrected chi connectivity index (χ0v) is 16.1. The van der Waals surface area contributed by atoms with Crippen LogP contribution in [-0.2, 0) is 0 Å². The second kappa shape index (κ2) is 8.00. The van der Waals surface area contributed by atoms with Gasteiger partial charge in [-0.25, -0.2) is 18.7 Å². The molecule has 1 aliphatic rings. The fraction of sp³-hybridized carbons (Fsp3) is 0.421. The van der Waals surface area contributed by atoms with Gasteiger partial charge in [0, 0.05) is 12.5 Å². The maximum absolute atomic E-state index is 13.7. The highest BCUT2D eigenvalue weighted by molar-refractivity contribution is 7.98. The molecule has 1 aliphatic carbocycles. The highest BCUT2D eigenvalue weighted by Gasteiger charge is 2.24. The molecule has 4 rings (SSSR count). The van der Waals surface area contributed by atoms with Gasteiger partial charge in [0.2, 0.25) is 5.88 Å². The van der Waals surface area contributed by atoms with Crippen molar-refractivity contribution < 1.29 is 18.6 Å². The molecule has 148 valence electrons. The molecule has 1 fully saturated rings. The topological polar surface area (TPSA) is 73.1 Å². The van der Waals surface area contributed by atoms with Crippen LogP contribution in [0, 0.1) is 0 Å². The highest BCUT2D eigenvalue weighted by Crippen LogP contribution is 2.30. The Morgan fingerprint density at radius 1 is 1.21 bits per heavy atom. The van der Waals surface area contributed by atoms with Crippen LogP contribution in [0.4, 0.5) is 8.78 Å². The van der Waals surface area contributed by atoms with E-state index in [0.717, 1.165) is 19.3 Å². The number of fused-ring (bicyclic) bond motifs is 1. The van der Waals surface area contributed by atoms with Gasteiger partial charge in [0.05, 0.1) is 17.1 Å². The van der Waals surface area contributed by atoms with Crippen LogP contribution >= 0.6 is 11.8 Å². The minimum atomic E-state index is -2.75. The summed E-state index contributed by atoms with van der Waals surface area (Å²) in [5.74, 6) is 0.229. The van der Waals surface area contributed by atoms with Gasteiger partial charge in [-0.15, -0.1) is 0 Å². The number of alkyl halides is 2. The van der Waals surface area contributed by atoms with E-state index in [1.807, 2.05) is 6.26 Å². The van der Waals surface area contributed by atoms with E-state index >= 15 is 0 Å². The summed E-state index contributed by atoms with van der Waals surface area (Å²) in [5.41, 5.74) is 1.02. The van der Waals surface area contributed by atoms with Gasteiger partial charge in [-0.2, -0.15) is 4.98 Å². The van der Waals surface area contributed by atoms with Gasteiger partial charge in [-0.3, -0.25) is 4.57 Å². The average molecular weight is 406 g/mol. The number of hydrogen-bond donors (Lipinski definition) is 1. The van der Waals surface area contributed by atoms with Gasteiger partial charge in [-0.1, -0.05) is 23.9 Å². The predicted molar refractivity (Wildman–Crippen MR) is 102 cm³/mol. The molecular formula is C19H20F2N4O2S. The number of benzene rings is 1. The molecule has 2 atom stereocenters. The SMILES string of the molecule is CSc1nc(OC2CCCC(O)C2)cc(-n2c(C(F)F)nc3ccccc32)n1. The highest BCUT2D eigenvalue weighted by atomic mass is 32.2. The summed E-state index contributed by atoms with van der Waals surface area (Å²) in [4.78, 5) is 12.8. The molecule has 1 aromatic carbocycles. The number of aliphatic hydroxyl groups excluding tert-OH is 1. The van der Waals surface area contributed by atoms with Crippen molar-refractivity contribution in [2.45, 2.75) is 49.5 Å². The summed E-state index contributed by atoms with van der Waals surface area (Å²) < 4.78 is 34.6. The Labute approximate surface area is 165 Å². The first-order valence-electron chi connectivity index (χ1n) is 9.09. The maximum atomic E-state index is 13.7. The molecule has 0 radical (unpaired) electrons. The van der Waals surface area contributed by atoms with Crippen molar-refractivity contribution in [2.24, 2.45) is 0 Å². The summed E-state index contributed by atoms with van der Waals surface area (Å²) in [5, 5.41) is 10.3. The van der Waals surface area contributed by atoms with Crippen LogP contribution < -0.4 is 4.74 Å². The summed E-state index contributed by atoms with van der Waals surface area (Å²) in [6.07, 6.45) is 1.51. The number of nitrogens with zero attached hydrogens (tertiary/aromatic N) is 4. The number of imidazole rings is 1. The Bertz CT molecular complexity index is 982. The minimum absolute atomic E-state index is 0.157. The summed E-state index contributed by atoms with van der Waals surface area (Å²) in [7, 11) is 0. The fourth-order valence-corrected chi connectivity index (χ4v) is 3.85. The molecule has 1 saturated carbocycles. The van der Waals surface area contributed by atoms with Crippen molar-refractivity contribution in [1.29, 1.82) is 0 Å². The largest absolute Gasteiger partial charge is 0.474 e. The molecule has 6 nitrogen and oxygen atoms in total. The minimum Gasteiger partial charge on any atom is -0.474 e. The number of halogens is 2. The molecule has 2 unspecified atom stereocenters. The van der Waals surface area contributed by atoms with Crippen molar-refractivity contribution in [1.82, 2.24) is 19.5 Å². The van der Waals surface area contributed by atoms with Crippen molar-refractivity contribution >= 4 is 22.8 Å². The molecular weight excluding hydrogens is 386 g/mol. The standard InChI is InChI=1S/C19H20F2N4O2S/c1-28-19-23-15(10-16(24-19)27-12-6-4-5-11(26)9-12)25-14-8-3-2-7-13(14)22-18(25)17(20)21/h2-3,7-8,10-12,17,26H,4-6,9H2,1H3. The first-order valence-corrected chi connectivity index (χ1v) is 10.3. The third-order valence-corrected chi connectivity index (χ3v) is 5.30. The number of para-hydroxylation sites is 2. The average Bonchev–Trinajstić information content (AvgIpc) is 3.07. The fourth-order valence-electron chi connectivity index (χ4n) is 3.49. The molecule has 28 heavy (non-hydrogen) atoms. The van der Waals surface area contributed by atoms with Crippen LogP contribution in [0.1, 0.15) is 37.9 Å². The van der Waals surface area contributed by atoms with Crippen molar-refractivity contribution in [3.8, 4) is 11.7 Å². The van der Waals surface area contributed by atoms with E-state index in [1.54, 1.807) is 30.3 Å². The van der Waals surface area contributed by atoms with Gasteiger partial charge < -0.3 is 9.84 Å². The van der Waals surface area contributed by atoms with Gasteiger partial charge in [0.15, 0.2) is 11.0 Å². The Balaban J connectivity index is 1.78. The van der Waals surface area contributed by atoms with E-state index < -0.39 is 6.43 Å². The first kappa shape index (κ1) is 19.1. The number of aliphatic hydroxyl groups is 1. The maximum Gasteiger partial charge on any atom is 0.296 e. The molecule has 2 heterocycles. The summed E-state index contributed by atoms with van der Waals surface area (Å²) in [6.45, 7) is 0. The van der Waals surface area contributed by atoms with Crippen LogP contribution in [0.3, 0.4) is 0 Å². The van der Waals surface area contributed by atoms with Gasteiger partial charge >= 0.3 is 0 Å². The van der Waals surface area contributed by atoms with E-state index in [9.17, 15) is 13.9 Å². The van der Waals surface area contributed by atoms with Crippen LogP contribution in [0.25, 0.3) is 16.9 Å². The number of rotatable bonds is 5. The molecule has 1 N–H and O–H groups in total. The van der Waals surface area contributed by atoms with E-state index in [2.05, 4.69) is 15.0 Å². The molecule has 9 heteroatoms. The van der Waals surface area contributed by atoms with Crippen LogP contribution in [0.2, 0.25) is 0 Å². The Morgan fingerprint density at radius 2 is 2.04 bits per heavy atom. The zero-order valence-electron chi connectivity index (χ0n) is 15.3. The summed E-state index contributed by atoms with van der Waals surface area (Å²) >= 11 is 1.30. The number of aromatic nitrogens is 4. The van der Waals surface area contributed by atoms with Crippen molar-refractivity contribution in [3.63, 3.8) is 0 Å². The van der Waals surface area contributed by atoms with E-state index in [4.69, 9.17) is 4.74 Å². The smallest absolute Gasteiger partial charge is 0.296 e. The number of thioether (sulfide) groups is 1. The summed E-state index contributed by atoms with van der Waals surface area (Å²) in [6, 6.07) is 8.50. The van der Waals surface area contributed by atoms with Gasteiger partial charge in [0.1, 0.15) is 11.9 Å². The molecule has 0 amide bonds. The van der Waals surface area contributed by atoms with Crippen molar-refractivity contribution in [3.05, 3.63) is 36.2 Å². The molecule has 0 bridgehead atoms. The molecule has 0 saturated heterocycles. The lowest BCUT2D eigenvalue weighted by molar-refractivity contribution is 0.0509. The van der Waals surface area contributed by atoms with Gasteiger partial charge in [-0.05, 0) is 37.7 Å². The lowest BCUT2D eigenvalue weighted by Gasteiger charge is -2.26. The number of hydrogen-bond acceptors (Lipinski definition) is 6. The Morgan fingerprint density at radius 3 is 2.79 bits per heavy atom. The van der Waals surface area contributed by atoms with Crippen LogP contribution in [-0.4, -0.2) is 43.1 Å². The predicted octanol–water partition coefficient (Wildman–Crippen LogP) is 4.16. The lowest BCUT2D eigenvalue weighted by Crippen LogP contribution is -2.28. The monoisotopic (exact) mass is 406 g/mol. The number of ether oxygens (including phenoxy) is 1. The van der Waals surface area contributed by atoms with E-state index in [-0.39, 0.29) is 23.9 Å². The lowest BCUT2D eigenvalue weighted by atomic mass is 9.95. The van der Waals surface area contributed by atoms with Crippen molar-refractivity contribution in [2.75, 3.05) is 6.26 Å². The van der Waals surface area contributed by atoms with Gasteiger partial charge in [0.25, 0.3) is 6.43 Å². The molecule has 2 aromatic heterocycles. The second-order valence-electron chi connectivity index (χ2n) is 6.71.